The van der Waals surface area contributed by atoms with Crippen molar-refractivity contribution in [3.8, 4) is 0 Å². The van der Waals surface area contributed by atoms with E-state index in [0.29, 0.717) is 13.0 Å². The van der Waals surface area contributed by atoms with Crippen LogP contribution in [0, 0.1) is 5.41 Å². The molecule has 1 fully saturated rings. The highest BCUT2D eigenvalue weighted by molar-refractivity contribution is 7.80. The molecule has 1 amide bonds. The summed E-state index contributed by atoms with van der Waals surface area (Å²) < 4.78 is 5.49. The summed E-state index contributed by atoms with van der Waals surface area (Å²) >= 11 is 5.03. The van der Waals surface area contributed by atoms with E-state index in [1.54, 1.807) is 4.90 Å². The Morgan fingerprint density at radius 3 is 2.59 bits per heavy atom. The Bertz CT molecular complexity index is 322. The van der Waals surface area contributed by atoms with E-state index < -0.39 is 5.41 Å². The van der Waals surface area contributed by atoms with Crippen molar-refractivity contribution in [1.29, 1.82) is 0 Å². The summed E-state index contributed by atoms with van der Waals surface area (Å²) in [6.07, 6.45) is 1.57. The third-order valence-corrected chi connectivity index (χ3v) is 4.33. The second-order valence-electron chi connectivity index (χ2n) is 4.90. The number of hydrogen-bond acceptors (Lipinski definition) is 3. The summed E-state index contributed by atoms with van der Waals surface area (Å²) in [6, 6.07) is 0.128. The summed E-state index contributed by atoms with van der Waals surface area (Å²) in [7, 11) is 1.81. The van der Waals surface area contributed by atoms with Gasteiger partial charge in [0, 0.05) is 13.7 Å². The Balaban J connectivity index is 2.84. The molecule has 0 radical (unpaired) electrons. The number of ether oxygens (including phenoxy) is 1. The molecule has 0 aromatic heterocycles. The average Bonchev–Trinajstić information content (AvgIpc) is 2.72. The van der Waals surface area contributed by atoms with Gasteiger partial charge in [0.1, 0.15) is 0 Å². The maximum Gasteiger partial charge on any atom is 0.235 e. The summed E-state index contributed by atoms with van der Waals surface area (Å²) in [5, 5.41) is 0. The van der Waals surface area contributed by atoms with Gasteiger partial charge >= 0.3 is 0 Å². The molecule has 4 nitrogen and oxygen atoms in total. The lowest BCUT2D eigenvalue weighted by Crippen LogP contribution is -2.51. The molecule has 0 spiro atoms. The van der Waals surface area contributed by atoms with Crippen LogP contribution in [0.4, 0.5) is 0 Å². The lowest BCUT2D eigenvalue weighted by Gasteiger charge is -2.35. The highest BCUT2D eigenvalue weighted by atomic mass is 32.1. The van der Waals surface area contributed by atoms with Gasteiger partial charge in [0.05, 0.1) is 22.5 Å². The zero-order chi connectivity index (χ0) is 13.2. The quantitative estimate of drug-likeness (QED) is 0.773. The van der Waals surface area contributed by atoms with E-state index >= 15 is 0 Å². The van der Waals surface area contributed by atoms with Crippen LogP contribution in [-0.4, -0.2) is 41.6 Å². The zero-order valence-electron chi connectivity index (χ0n) is 11.0. The minimum Gasteiger partial charge on any atom is -0.392 e. The molecule has 98 valence electrons. The first-order valence-electron chi connectivity index (χ1n) is 6.03. The number of nitrogens with two attached hydrogens (primary N) is 1. The standard InChI is InChI=1S/C12H22N2O2S/c1-5-12(3,10(13)17)11(15)14(4)9-6-7-16-8(9)2/h8-9H,5-7H2,1-4H3,(H2,13,17). The van der Waals surface area contributed by atoms with Crippen molar-refractivity contribution < 1.29 is 9.53 Å². The molecule has 17 heavy (non-hydrogen) atoms. The minimum atomic E-state index is -0.744. The first-order valence-corrected chi connectivity index (χ1v) is 6.44. The molecular weight excluding hydrogens is 236 g/mol. The molecule has 0 saturated carbocycles. The normalized spacial score (nSPS) is 27.5. The Hall–Kier alpha value is -0.680. The summed E-state index contributed by atoms with van der Waals surface area (Å²) in [6.45, 7) is 6.44. The number of carbonyl (C=O) groups is 1. The minimum absolute atomic E-state index is 0.00477. The maximum atomic E-state index is 12.5. The molecule has 1 aliphatic rings. The van der Waals surface area contributed by atoms with Gasteiger partial charge in [0.15, 0.2) is 0 Å². The van der Waals surface area contributed by atoms with Crippen LogP contribution in [0.3, 0.4) is 0 Å². The molecule has 5 heteroatoms. The predicted molar refractivity (Wildman–Crippen MR) is 71.8 cm³/mol. The fourth-order valence-electron chi connectivity index (χ4n) is 2.20. The third kappa shape index (κ3) is 2.60. The topological polar surface area (TPSA) is 55.6 Å². The highest BCUT2D eigenvalue weighted by Crippen LogP contribution is 2.28. The Morgan fingerprint density at radius 1 is 1.65 bits per heavy atom. The maximum absolute atomic E-state index is 12.5. The van der Waals surface area contributed by atoms with Crippen LogP contribution in [0.5, 0.6) is 0 Å². The van der Waals surface area contributed by atoms with Crippen molar-refractivity contribution in [2.75, 3.05) is 13.7 Å². The van der Waals surface area contributed by atoms with E-state index in [1.165, 1.54) is 0 Å². The van der Waals surface area contributed by atoms with Crippen molar-refractivity contribution in [2.24, 2.45) is 11.1 Å². The first kappa shape index (κ1) is 14.4. The SMILES string of the molecule is CCC(C)(C(=O)N(C)C1CCOC1C)C(N)=S. The van der Waals surface area contributed by atoms with Crippen molar-refractivity contribution in [3.05, 3.63) is 0 Å². The smallest absolute Gasteiger partial charge is 0.235 e. The van der Waals surface area contributed by atoms with Gasteiger partial charge in [0.2, 0.25) is 5.91 Å². The molecule has 1 rings (SSSR count). The lowest BCUT2D eigenvalue weighted by atomic mass is 9.85. The van der Waals surface area contributed by atoms with Gasteiger partial charge in [-0.1, -0.05) is 19.1 Å². The Kier molecular flexibility index (Phi) is 4.49. The van der Waals surface area contributed by atoms with Crippen LogP contribution in [-0.2, 0) is 9.53 Å². The molecule has 0 aromatic carbocycles. The average molecular weight is 258 g/mol. The Morgan fingerprint density at radius 2 is 2.24 bits per heavy atom. The van der Waals surface area contributed by atoms with Crippen LogP contribution in [0.25, 0.3) is 0 Å². The van der Waals surface area contributed by atoms with E-state index in [9.17, 15) is 4.79 Å². The molecule has 0 bridgehead atoms. The second kappa shape index (κ2) is 5.31. The van der Waals surface area contributed by atoms with Crippen LogP contribution >= 0.6 is 12.2 Å². The van der Waals surface area contributed by atoms with Crippen molar-refractivity contribution >= 4 is 23.1 Å². The van der Waals surface area contributed by atoms with Gasteiger partial charge in [-0.05, 0) is 26.7 Å². The predicted octanol–water partition coefficient (Wildman–Crippen LogP) is 1.32. The Labute approximate surface area is 108 Å². The van der Waals surface area contributed by atoms with Crippen molar-refractivity contribution in [1.82, 2.24) is 4.90 Å². The molecule has 1 heterocycles. The molecular formula is C12H22N2O2S. The number of thiocarbonyl (C=S) groups is 1. The number of amides is 1. The van der Waals surface area contributed by atoms with Crippen LogP contribution in [0.2, 0.25) is 0 Å². The molecule has 0 aromatic rings. The molecule has 3 atom stereocenters. The van der Waals surface area contributed by atoms with Crippen LogP contribution in [0.1, 0.15) is 33.6 Å². The van der Waals surface area contributed by atoms with Crippen LogP contribution < -0.4 is 5.73 Å². The zero-order valence-corrected chi connectivity index (χ0v) is 11.8. The summed E-state index contributed by atoms with van der Waals surface area (Å²) in [4.78, 5) is 14.5. The largest absolute Gasteiger partial charge is 0.392 e. The van der Waals surface area contributed by atoms with Gasteiger partial charge in [0.25, 0.3) is 0 Å². The fraction of sp³-hybridized carbons (Fsp3) is 0.833. The van der Waals surface area contributed by atoms with Gasteiger partial charge < -0.3 is 15.4 Å². The molecule has 1 saturated heterocycles. The molecule has 2 N–H and O–H groups in total. The number of likely N-dealkylation sites (N-methyl/N-ethyl adjacent to an activating group) is 1. The van der Waals surface area contributed by atoms with Crippen LogP contribution in [0.15, 0.2) is 0 Å². The third-order valence-electron chi connectivity index (χ3n) is 3.88. The fourth-order valence-corrected chi connectivity index (χ4v) is 2.43. The van der Waals surface area contributed by atoms with Gasteiger partial charge in [-0.15, -0.1) is 0 Å². The monoisotopic (exact) mass is 258 g/mol. The van der Waals surface area contributed by atoms with E-state index in [2.05, 4.69) is 0 Å². The molecule has 0 aliphatic carbocycles. The van der Waals surface area contributed by atoms with E-state index in [4.69, 9.17) is 22.7 Å². The first-order chi connectivity index (χ1) is 7.84. The van der Waals surface area contributed by atoms with Gasteiger partial charge in [-0.25, -0.2) is 0 Å². The second-order valence-corrected chi connectivity index (χ2v) is 5.34. The summed E-state index contributed by atoms with van der Waals surface area (Å²) in [5.41, 5.74) is 4.96. The molecule has 1 aliphatic heterocycles. The number of carbonyl (C=O) groups excluding carboxylic acids is 1. The van der Waals surface area contributed by atoms with Crippen molar-refractivity contribution in [3.63, 3.8) is 0 Å². The van der Waals surface area contributed by atoms with E-state index in [-0.39, 0.29) is 23.0 Å². The number of hydrogen-bond donors (Lipinski definition) is 1. The van der Waals surface area contributed by atoms with Crippen molar-refractivity contribution in [2.45, 2.75) is 45.8 Å². The van der Waals surface area contributed by atoms with Gasteiger partial charge in [-0.3, -0.25) is 4.79 Å². The van der Waals surface area contributed by atoms with Gasteiger partial charge in [-0.2, -0.15) is 0 Å². The number of rotatable bonds is 4. The lowest BCUT2D eigenvalue weighted by molar-refractivity contribution is -0.139. The summed E-state index contributed by atoms with van der Waals surface area (Å²) in [5.74, 6) is -0.00477. The highest BCUT2D eigenvalue weighted by Gasteiger charge is 2.41. The van der Waals surface area contributed by atoms with E-state index in [0.717, 1.165) is 6.42 Å². The molecule has 3 unspecified atom stereocenters. The number of nitrogens with zero attached hydrogens (tertiary/aromatic N) is 1. The van der Waals surface area contributed by atoms with E-state index in [1.807, 2.05) is 27.8 Å².